The quantitative estimate of drug-likeness (QED) is 0.468. The van der Waals surface area contributed by atoms with Crippen molar-refractivity contribution in [1.82, 2.24) is 4.90 Å². The second kappa shape index (κ2) is 10.3. The minimum atomic E-state index is 0.0176. The van der Waals surface area contributed by atoms with Gasteiger partial charge < -0.3 is 5.11 Å². The van der Waals surface area contributed by atoms with Gasteiger partial charge in [-0.25, -0.2) is 0 Å². The van der Waals surface area contributed by atoms with Crippen LogP contribution >= 0.6 is 0 Å². The van der Waals surface area contributed by atoms with Crippen molar-refractivity contribution in [2.75, 3.05) is 6.54 Å². The molecule has 0 unspecified atom stereocenters. The van der Waals surface area contributed by atoms with E-state index in [0.717, 1.165) is 0 Å². The fourth-order valence-electron chi connectivity index (χ4n) is 6.24. The molecule has 3 fully saturated rings. The van der Waals surface area contributed by atoms with E-state index >= 15 is 0 Å². The van der Waals surface area contributed by atoms with Crippen molar-refractivity contribution in [2.45, 2.75) is 128 Å². The van der Waals surface area contributed by atoms with Crippen LogP contribution in [0, 0.1) is 11.8 Å². The molecule has 1 heterocycles. The van der Waals surface area contributed by atoms with Gasteiger partial charge in [0.1, 0.15) is 0 Å². The van der Waals surface area contributed by atoms with Gasteiger partial charge in [-0.3, -0.25) is 4.90 Å². The van der Waals surface area contributed by atoms with E-state index in [1.54, 1.807) is 0 Å². The molecule has 0 aromatic rings. The summed E-state index contributed by atoms with van der Waals surface area (Å²) in [7, 11) is 0. The number of fused-ring (bicyclic) bond motifs is 2. The van der Waals surface area contributed by atoms with Crippen LogP contribution in [0.1, 0.15) is 110 Å². The van der Waals surface area contributed by atoms with Crippen molar-refractivity contribution in [3.8, 4) is 0 Å². The van der Waals surface area contributed by atoms with Crippen LogP contribution < -0.4 is 0 Å². The smallest absolute Gasteiger partial charge is 0.0626 e. The van der Waals surface area contributed by atoms with Crippen LogP contribution in [0.5, 0.6) is 0 Å². The van der Waals surface area contributed by atoms with Gasteiger partial charge in [-0.2, -0.15) is 0 Å². The molecule has 3 rings (SSSR count). The maximum absolute atomic E-state index is 10.8. The summed E-state index contributed by atoms with van der Waals surface area (Å²) in [6.45, 7) is 3.61. The topological polar surface area (TPSA) is 23.5 Å². The van der Waals surface area contributed by atoms with Gasteiger partial charge in [0.05, 0.1) is 6.10 Å². The molecule has 0 spiro atoms. The van der Waals surface area contributed by atoms with Gasteiger partial charge in [-0.15, -0.1) is 0 Å². The molecule has 0 aromatic heterocycles. The van der Waals surface area contributed by atoms with Crippen LogP contribution in [0.3, 0.4) is 0 Å². The highest BCUT2D eigenvalue weighted by Gasteiger charge is 2.50. The predicted molar refractivity (Wildman–Crippen MR) is 107 cm³/mol. The number of rotatable bonds is 11. The van der Waals surface area contributed by atoms with E-state index in [9.17, 15) is 5.11 Å². The van der Waals surface area contributed by atoms with Gasteiger partial charge in [0.2, 0.25) is 0 Å². The molecule has 0 bridgehead atoms. The Labute approximate surface area is 156 Å². The van der Waals surface area contributed by atoms with Crippen molar-refractivity contribution >= 4 is 0 Å². The molecule has 2 saturated carbocycles. The summed E-state index contributed by atoms with van der Waals surface area (Å²) in [5, 5.41) is 10.8. The molecule has 3 aliphatic rings. The number of piperidine rings is 1. The third-order valence-electron chi connectivity index (χ3n) is 7.56. The zero-order chi connectivity index (χ0) is 17.5. The lowest BCUT2D eigenvalue weighted by atomic mass is 9.78. The second-order valence-corrected chi connectivity index (χ2v) is 9.23. The Hall–Kier alpha value is -0.0800. The Morgan fingerprint density at radius 3 is 1.68 bits per heavy atom. The number of unbranched alkanes of at least 4 members (excludes halogenated alkanes) is 9. The fraction of sp³-hybridized carbons (Fsp3) is 1.00. The SMILES string of the molecule is CCCCCCCCCCCCN1[C@H]2CCC[C@H]2C(O)[C@@H]2CCC[C@@H]21. The van der Waals surface area contributed by atoms with E-state index in [4.69, 9.17) is 0 Å². The highest BCUT2D eigenvalue weighted by Crippen LogP contribution is 2.47. The van der Waals surface area contributed by atoms with Crippen LogP contribution in [-0.4, -0.2) is 34.7 Å². The number of hydrogen-bond acceptors (Lipinski definition) is 2. The first-order chi connectivity index (χ1) is 12.3. The normalized spacial score (nSPS) is 35.0. The summed E-state index contributed by atoms with van der Waals surface area (Å²) in [6.07, 6.45) is 22.3. The molecule has 0 amide bonds. The molecular formula is C23H43NO. The maximum Gasteiger partial charge on any atom is 0.0626 e. The van der Waals surface area contributed by atoms with Crippen LogP contribution in [0.2, 0.25) is 0 Å². The van der Waals surface area contributed by atoms with Crippen molar-refractivity contribution in [3.63, 3.8) is 0 Å². The van der Waals surface area contributed by atoms with Crippen LogP contribution in [-0.2, 0) is 0 Å². The lowest BCUT2D eigenvalue weighted by Crippen LogP contribution is -2.57. The number of hydrogen-bond donors (Lipinski definition) is 1. The molecule has 1 aliphatic heterocycles. The third-order valence-corrected chi connectivity index (χ3v) is 7.56. The molecule has 2 nitrogen and oxygen atoms in total. The van der Waals surface area contributed by atoms with Gasteiger partial charge in [0, 0.05) is 23.9 Å². The molecular weight excluding hydrogens is 306 g/mol. The Morgan fingerprint density at radius 1 is 0.680 bits per heavy atom. The number of aliphatic hydroxyl groups is 1. The number of aliphatic hydroxyl groups excluding tert-OH is 1. The first-order valence-electron chi connectivity index (χ1n) is 11.8. The van der Waals surface area contributed by atoms with Gasteiger partial charge in [-0.1, -0.05) is 77.6 Å². The van der Waals surface area contributed by atoms with E-state index in [1.807, 2.05) is 0 Å². The van der Waals surface area contributed by atoms with Gasteiger partial charge in [-0.05, 0) is 38.6 Å². The summed E-state index contributed by atoms with van der Waals surface area (Å²) in [5.74, 6) is 1.20. The average Bonchev–Trinajstić information content (AvgIpc) is 3.29. The molecule has 0 aromatic carbocycles. The molecule has 2 heteroatoms. The van der Waals surface area contributed by atoms with Crippen molar-refractivity contribution in [3.05, 3.63) is 0 Å². The van der Waals surface area contributed by atoms with Crippen molar-refractivity contribution in [1.29, 1.82) is 0 Å². The average molecular weight is 350 g/mol. The van der Waals surface area contributed by atoms with E-state index in [2.05, 4.69) is 11.8 Å². The van der Waals surface area contributed by atoms with Crippen LogP contribution in [0.15, 0.2) is 0 Å². The summed E-state index contributed by atoms with van der Waals surface area (Å²) < 4.78 is 0. The van der Waals surface area contributed by atoms with E-state index in [-0.39, 0.29) is 6.10 Å². The van der Waals surface area contributed by atoms with E-state index < -0.39 is 0 Å². The standard InChI is InChI=1S/C23H43NO/c1-2-3-4-5-6-7-8-9-10-11-18-24-21-16-12-14-19(21)23(25)20-15-13-17-22(20)24/h19-23,25H,2-18H2,1H3/t19-,20-,21+,22+/m1/s1. The van der Waals surface area contributed by atoms with E-state index in [0.29, 0.717) is 23.9 Å². The third kappa shape index (κ3) is 5.01. The Morgan fingerprint density at radius 2 is 1.16 bits per heavy atom. The molecule has 1 saturated heterocycles. The van der Waals surface area contributed by atoms with Gasteiger partial charge in [0.25, 0.3) is 0 Å². The zero-order valence-electron chi connectivity index (χ0n) is 16.8. The summed E-state index contributed by atoms with van der Waals surface area (Å²) in [6, 6.07) is 1.43. The Bertz CT molecular complexity index is 349. The molecule has 2 aliphatic carbocycles. The van der Waals surface area contributed by atoms with Crippen LogP contribution in [0.25, 0.3) is 0 Å². The summed E-state index contributed by atoms with van der Waals surface area (Å²) in [4.78, 5) is 2.88. The highest BCUT2D eigenvalue weighted by atomic mass is 16.3. The predicted octanol–water partition coefficient (Wildman–Crippen LogP) is 5.92. The van der Waals surface area contributed by atoms with Gasteiger partial charge >= 0.3 is 0 Å². The minimum Gasteiger partial charge on any atom is -0.392 e. The van der Waals surface area contributed by atoms with Crippen molar-refractivity contribution < 1.29 is 5.11 Å². The molecule has 4 atom stereocenters. The van der Waals surface area contributed by atoms with E-state index in [1.165, 1.54) is 109 Å². The maximum atomic E-state index is 10.8. The minimum absolute atomic E-state index is 0.0176. The lowest BCUT2D eigenvalue weighted by Gasteiger charge is -2.48. The molecule has 25 heavy (non-hydrogen) atoms. The van der Waals surface area contributed by atoms with Gasteiger partial charge in [0.15, 0.2) is 0 Å². The number of nitrogens with zero attached hydrogens (tertiary/aromatic N) is 1. The lowest BCUT2D eigenvalue weighted by molar-refractivity contribution is -0.0719. The first kappa shape index (κ1) is 19.7. The largest absolute Gasteiger partial charge is 0.392 e. The Balaban J connectivity index is 1.32. The second-order valence-electron chi connectivity index (χ2n) is 9.23. The summed E-state index contributed by atoms with van der Waals surface area (Å²) in [5.41, 5.74) is 0. The van der Waals surface area contributed by atoms with Crippen LogP contribution in [0.4, 0.5) is 0 Å². The molecule has 146 valence electrons. The highest BCUT2D eigenvalue weighted by molar-refractivity contribution is 5.04. The van der Waals surface area contributed by atoms with Crippen molar-refractivity contribution in [2.24, 2.45) is 11.8 Å². The fourth-order valence-corrected chi connectivity index (χ4v) is 6.24. The summed E-state index contributed by atoms with van der Waals surface area (Å²) >= 11 is 0. The zero-order valence-corrected chi connectivity index (χ0v) is 16.8. The Kier molecular flexibility index (Phi) is 8.11. The molecule has 1 N–H and O–H groups in total. The monoisotopic (exact) mass is 349 g/mol. The first-order valence-corrected chi connectivity index (χ1v) is 11.8. The molecule has 0 radical (unpaired) electrons. The number of likely N-dealkylation sites (tertiary alicyclic amines) is 1.